The number of halogens is 2. The smallest absolute Gasteiger partial charge is 0.252 e. The number of amides is 1. The zero-order valence-corrected chi connectivity index (χ0v) is 14.0. The Bertz CT molecular complexity index is 424. The first kappa shape index (κ1) is 18.4. The molecule has 1 atom stereocenters. The second kappa shape index (κ2) is 8.56. The molecular weight excluding hydrogens is 328 g/mol. The van der Waals surface area contributed by atoms with Gasteiger partial charge in [0, 0.05) is 17.1 Å². The Kier molecular flexibility index (Phi) is 8.30. The molecule has 0 saturated heterocycles. The van der Waals surface area contributed by atoms with Crippen LogP contribution >= 0.6 is 28.3 Å². The topological polar surface area (TPSA) is 55.1 Å². The molecule has 1 amide bonds. The molecule has 3 nitrogen and oxygen atoms in total. The number of benzene rings is 1. The quantitative estimate of drug-likeness (QED) is 0.857. The van der Waals surface area contributed by atoms with Crippen molar-refractivity contribution in [3.63, 3.8) is 0 Å². The summed E-state index contributed by atoms with van der Waals surface area (Å²) in [5.41, 5.74) is 7.46. The van der Waals surface area contributed by atoms with Crippen LogP contribution in [0.1, 0.15) is 36.2 Å². The molecular formula is C14H22BrClN2O. The van der Waals surface area contributed by atoms with Crippen LogP contribution in [-0.4, -0.2) is 18.5 Å². The number of carbonyl (C=O) groups excluding carboxylic acids is 1. The van der Waals surface area contributed by atoms with Crippen molar-refractivity contribution in [3.8, 4) is 0 Å². The normalized spacial score (nSPS) is 11.9. The molecule has 3 N–H and O–H groups in total. The van der Waals surface area contributed by atoms with Crippen molar-refractivity contribution < 1.29 is 4.79 Å². The molecule has 108 valence electrons. The lowest BCUT2D eigenvalue weighted by Gasteiger charge is -2.19. The summed E-state index contributed by atoms with van der Waals surface area (Å²) in [5.74, 6) is 0.443. The Hall–Kier alpha value is -0.580. The number of hydrogen-bond donors (Lipinski definition) is 2. The molecule has 0 bridgehead atoms. The van der Waals surface area contributed by atoms with Crippen LogP contribution in [0.15, 0.2) is 22.7 Å². The van der Waals surface area contributed by atoms with E-state index in [1.165, 1.54) is 0 Å². The fraction of sp³-hybridized carbons (Fsp3) is 0.500. The highest BCUT2D eigenvalue weighted by molar-refractivity contribution is 9.10. The van der Waals surface area contributed by atoms with Crippen LogP contribution in [0.3, 0.4) is 0 Å². The lowest BCUT2D eigenvalue weighted by Crippen LogP contribution is -2.41. The van der Waals surface area contributed by atoms with Gasteiger partial charge in [-0.05, 0) is 52.9 Å². The van der Waals surface area contributed by atoms with E-state index in [1.807, 2.05) is 25.1 Å². The second-order valence-corrected chi connectivity index (χ2v) is 5.87. The number of carbonyl (C=O) groups is 1. The van der Waals surface area contributed by atoms with Gasteiger partial charge in [0.1, 0.15) is 0 Å². The van der Waals surface area contributed by atoms with E-state index in [9.17, 15) is 4.79 Å². The summed E-state index contributed by atoms with van der Waals surface area (Å²) in [7, 11) is 0. The average molecular weight is 350 g/mol. The predicted molar refractivity (Wildman–Crippen MR) is 85.9 cm³/mol. The Morgan fingerprint density at radius 1 is 1.42 bits per heavy atom. The van der Waals surface area contributed by atoms with Gasteiger partial charge in [-0.2, -0.15) is 0 Å². The molecule has 0 aliphatic carbocycles. The minimum Gasteiger partial charge on any atom is -0.348 e. The summed E-state index contributed by atoms with van der Waals surface area (Å²) in [6.07, 6.45) is 0.895. The van der Waals surface area contributed by atoms with Crippen LogP contribution in [0.2, 0.25) is 0 Å². The van der Waals surface area contributed by atoms with Crippen molar-refractivity contribution in [1.29, 1.82) is 0 Å². The fourth-order valence-electron chi connectivity index (χ4n) is 1.85. The van der Waals surface area contributed by atoms with E-state index in [-0.39, 0.29) is 24.4 Å². The van der Waals surface area contributed by atoms with E-state index < -0.39 is 0 Å². The standard InChI is InChI=1S/C14H21BrN2O.ClH/c1-9(2)6-11(8-16)17-14(18)12-5-4-10(3)7-13(12)15;/h4-5,7,9,11H,6,8,16H2,1-3H3,(H,17,18);1H. The third-order valence-corrected chi connectivity index (χ3v) is 3.40. The van der Waals surface area contributed by atoms with Gasteiger partial charge in [-0.1, -0.05) is 19.9 Å². The summed E-state index contributed by atoms with van der Waals surface area (Å²) in [6, 6.07) is 5.73. The fourth-order valence-corrected chi connectivity index (χ4v) is 2.52. The monoisotopic (exact) mass is 348 g/mol. The highest BCUT2D eigenvalue weighted by atomic mass is 79.9. The molecule has 5 heteroatoms. The third kappa shape index (κ3) is 5.93. The van der Waals surface area contributed by atoms with E-state index in [0.717, 1.165) is 16.5 Å². The molecule has 0 spiro atoms. The lowest BCUT2D eigenvalue weighted by molar-refractivity contribution is 0.0933. The summed E-state index contributed by atoms with van der Waals surface area (Å²) in [4.78, 5) is 12.1. The first-order chi connectivity index (χ1) is 8.43. The van der Waals surface area contributed by atoms with E-state index in [0.29, 0.717) is 18.0 Å². The predicted octanol–water partition coefficient (Wildman–Crippen LogP) is 3.28. The second-order valence-electron chi connectivity index (χ2n) is 5.02. The van der Waals surface area contributed by atoms with Crippen LogP contribution in [0.25, 0.3) is 0 Å². The van der Waals surface area contributed by atoms with Gasteiger partial charge in [0.2, 0.25) is 0 Å². The minimum absolute atomic E-state index is 0. The van der Waals surface area contributed by atoms with Crippen molar-refractivity contribution in [2.75, 3.05) is 6.54 Å². The zero-order chi connectivity index (χ0) is 13.7. The Morgan fingerprint density at radius 2 is 2.05 bits per heavy atom. The van der Waals surface area contributed by atoms with Crippen LogP contribution in [0, 0.1) is 12.8 Å². The number of aryl methyl sites for hydroxylation is 1. The summed E-state index contributed by atoms with van der Waals surface area (Å²) in [5, 5.41) is 2.98. The molecule has 0 aliphatic rings. The summed E-state index contributed by atoms with van der Waals surface area (Å²) >= 11 is 3.42. The molecule has 0 aromatic heterocycles. The van der Waals surface area contributed by atoms with Gasteiger partial charge in [0.15, 0.2) is 0 Å². The maximum absolute atomic E-state index is 12.1. The molecule has 0 fully saturated rings. The Morgan fingerprint density at radius 3 is 2.53 bits per heavy atom. The molecule has 0 heterocycles. The van der Waals surface area contributed by atoms with Crippen molar-refractivity contribution in [1.82, 2.24) is 5.32 Å². The molecule has 1 aromatic carbocycles. The SMILES string of the molecule is Cc1ccc(C(=O)NC(CN)CC(C)C)c(Br)c1.Cl. The van der Waals surface area contributed by atoms with Crippen molar-refractivity contribution >= 4 is 34.2 Å². The van der Waals surface area contributed by atoms with Gasteiger partial charge in [-0.15, -0.1) is 12.4 Å². The van der Waals surface area contributed by atoms with E-state index in [4.69, 9.17) is 5.73 Å². The van der Waals surface area contributed by atoms with Crippen LogP contribution in [0.5, 0.6) is 0 Å². The molecule has 19 heavy (non-hydrogen) atoms. The first-order valence-corrected chi connectivity index (χ1v) is 7.00. The third-order valence-electron chi connectivity index (χ3n) is 2.74. The van der Waals surface area contributed by atoms with E-state index >= 15 is 0 Å². The van der Waals surface area contributed by atoms with Gasteiger partial charge < -0.3 is 11.1 Å². The molecule has 0 radical (unpaired) electrons. The summed E-state index contributed by atoms with van der Waals surface area (Å²) in [6.45, 7) is 6.70. The van der Waals surface area contributed by atoms with Gasteiger partial charge in [-0.25, -0.2) is 0 Å². The number of rotatable bonds is 5. The lowest BCUT2D eigenvalue weighted by atomic mass is 10.0. The highest BCUT2D eigenvalue weighted by Crippen LogP contribution is 2.18. The van der Waals surface area contributed by atoms with Crippen molar-refractivity contribution in [3.05, 3.63) is 33.8 Å². The maximum Gasteiger partial charge on any atom is 0.252 e. The van der Waals surface area contributed by atoms with Crippen LogP contribution in [-0.2, 0) is 0 Å². The van der Waals surface area contributed by atoms with Crippen LogP contribution in [0.4, 0.5) is 0 Å². The van der Waals surface area contributed by atoms with E-state index in [1.54, 1.807) is 0 Å². The van der Waals surface area contributed by atoms with E-state index in [2.05, 4.69) is 35.1 Å². The average Bonchev–Trinajstić information content (AvgIpc) is 2.27. The minimum atomic E-state index is -0.0713. The van der Waals surface area contributed by atoms with Gasteiger partial charge in [0.25, 0.3) is 5.91 Å². The molecule has 0 aliphatic heterocycles. The molecule has 1 aromatic rings. The maximum atomic E-state index is 12.1. The Balaban J connectivity index is 0.00000324. The molecule has 1 unspecified atom stereocenters. The van der Waals surface area contributed by atoms with Crippen molar-refractivity contribution in [2.24, 2.45) is 11.7 Å². The molecule has 1 rings (SSSR count). The number of hydrogen-bond acceptors (Lipinski definition) is 2. The first-order valence-electron chi connectivity index (χ1n) is 6.21. The largest absolute Gasteiger partial charge is 0.348 e. The number of nitrogens with two attached hydrogens (primary N) is 1. The Labute approximate surface area is 129 Å². The van der Waals surface area contributed by atoms with Crippen molar-refractivity contribution in [2.45, 2.75) is 33.2 Å². The zero-order valence-electron chi connectivity index (χ0n) is 11.6. The number of nitrogens with one attached hydrogen (secondary N) is 1. The van der Waals surface area contributed by atoms with Gasteiger partial charge >= 0.3 is 0 Å². The summed E-state index contributed by atoms with van der Waals surface area (Å²) < 4.78 is 0.820. The van der Waals surface area contributed by atoms with Gasteiger partial charge in [-0.3, -0.25) is 4.79 Å². The van der Waals surface area contributed by atoms with Crippen LogP contribution < -0.4 is 11.1 Å². The molecule has 0 saturated carbocycles. The van der Waals surface area contributed by atoms with Gasteiger partial charge in [0.05, 0.1) is 5.56 Å². The highest BCUT2D eigenvalue weighted by Gasteiger charge is 2.15.